The van der Waals surface area contributed by atoms with Gasteiger partial charge in [-0.15, -0.1) is 0 Å². The van der Waals surface area contributed by atoms with Crippen LogP contribution in [0.2, 0.25) is 0 Å². The molecule has 0 unspecified atom stereocenters. The minimum absolute atomic E-state index is 0.151. The van der Waals surface area contributed by atoms with Crippen molar-refractivity contribution in [2.45, 2.75) is 33.2 Å². The van der Waals surface area contributed by atoms with Crippen LogP contribution in [0.15, 0.2) is 55.1 Å². The maximum Gasteiger partial charge on any atom is 0.333 e. The number of alkyl halides is 2. The van der Waals surface area contributed by atoms with E-state index < -0.39 is 6.55 Å². The van der Waals surface area contributed by atoms with Crippen molar-refractivity contribution in [2.24, 2.45) is 0 Å². The lowest BCUT2D eigenvalue weighted by Crippen LogP contribution is -2.14. The smallest absolute Gasteiger partial charge is 0.333 e. The average molecular weight is 479 g/mol. The second kappa shape index (κ2) is 10.4. The first kappa shape index (κ1) is 23.9. The van der Waals surface area contributed by atoms with Gasteiger partial charge in [-0.05, 0) is 31.0 Å². The summed E-state index contributed by atoms with van der Waals surface area (Å²) in [6.07, 6.45) is 6.89. The van der Waals surface area contributed by atoms with Crippen LogP contribution < -0.4 is 10.1 Å². The monoisotopic (exact) mass is 478 g/mol. The van der Waals surface area contributed by atoms with Gasteiger partial charge in [-0.2, -0.15) is 13.9 Å². The third-order valence-corrected chi connectivity index (χ3v) is 5.54. The molecule has 4 aromatic rings. The summed E-state index contributed by atoms with van der Waals surface area (Å²) >= 11 is 0. The summed E-state index contributed by atoms with van der Waals surface area (Å²) in [5.41, 5.74) is 5.06. The van der Waals surface area contributed by atoms with E-state index in [1.807, 2.05) is 37.3 Å². The second-order valence-electron chi connectivity index (χ2n) is 8.01. The van der Waals surface area contributed by atoms with Gasteiger partial charge in [0.2, 0.25) is 11.8 Å². The van der Waals surface area contributed by atoms with E-state index in [4.69, 9.17) is 4.74 Å². The van der Waals surface area contributed by atoms with Gasteiger partial charge in [-0.1, -0.05) is 24.3 Å². The van der Waals surface area contributed by atoms with Crippen LogP contribution >= 0.6 is 0 Å². The lowest BCUT2D eigenvalue weighted by atomic mass is 10.0. The molecule has 35 heavy (non-hydrogen) atoms. The maximum absolute atomic E-state index is 12.9. The summed E-state index contributed by atoms with van der Waals surface area (Å²) in [6.45, 7) is 0.780. The van der Waals surface area contributed by atoms with E-state index in [0.29, 0.717) is 39.8 Å². The number of amides is 1. The number of rotatable bonds is 8. The molecule has 0 bridgehead atoms. The summed E-state index contributed by atoms with van der Waals surface area (Å²) < 4.78 is 31.6. The summed E-state index contributed by atoms with van der Waals surface area (Å²) in [5, 5.41) is 6.56. The topological polar surface area (TPSA) is 94.8 Å². The number of ether oxygens (including phenoxy) is 1. The third-order valence-electron chi connectivity index (χ3n) is 5.54. The Morgan fingerprint density at radius 1 is 1.03 bits per heavy atom. The molecule has 0 atom stereocenters. The number of hydrogen-bond acceptors (Lipinski definition) is 6. The molecule has 0 fully saturated rings. The predicted molar refractivity (Wildman–Crippen MR) is 126 cm³/mol. The fourth-order valence-electron chi connectivity index (χ4n) is 3.64. The molecule has 0 spiro atoms. The number of aromatic nitrogens is 5. The first-order chi connectivity index (χ1) is 16.8. The van der Waals surface area contributed by atoms with Crippen molar-refractivity contribution in [1.82, 2.24) is 24.7 Å². The Morgan fingerprint density at radius 2 is 1.74 bits per heavy atom. The van der Waals surface area contributed by atoms with Crippen LogP contribution in [0, 0.1) is 13.8 Å². The number of carbonyl (C=O) groups excluding carboxylic acids is 1. The molecular formula is C25H24F2N6O2. The minimum atomic E-state index is -2.68. The highest BCUT2D eigenvalue weighted by atomic mass is 19.3. The van der Waals surface area contributed by atoms with Gasteiger partial charge < -0.3 is 10.1 Å². The fraction of sp³-hybridized carbons (Fsp3) is 0.240. The number of pyridine rings is 1. The summed E-state index contributed by atoms with van der Waals surface area (Å²) in [7, 11) is 1.55. The van der Waals surface area contributed by atoms with Gasteiger partial charge in [0, 0.05) is 41.2 Å². The van der Waals surface area contributed by atoms with Gasteiger partial charge in [0.15, 0.2) is 0 Å². The Labute approximate surface area is 201 Å². The Bertz CT molecular complexity index is 1320. The SMILES string of the molecule is COc1ncc(NC(=O)Cc2ccc(-c3cnc(Cc4cnn(C(F)F)c4C)nc3)cc2)cc1C. The third kappa shape index (κ3) is 5.65. The Hall–Kier alpha value is -4.21. The lowest BCUT2D eigenvalue weighted by Gasteiger charge is -2.09. The lowest BCUT2D eigenvalue weighted by molar-refractivity contribution is -0.115. The molecule has 1 N–H and O–H groups in total. The van der Waals surface area contributed by atoms with Gasteiger partial charge in [0.25, 0.3) is 0 Å². The van der Waals surface area contributed by atoms with Gasteiger partial charge in [-0.3, -0.25) is 4.79 Å². The van der Waals surface area contributed by atoms with Crippen molar-refractivity contribution in [3.8, 4) is 17.0 Å². The second-order valence-corrected chi connectivity index (χ2v) is 8.01. The van der Waals surface area contributed by atoms with Crippen molar-refractivity contribution < 1.29 is 18.3 Å². The van der Waals surface area contributed by atoms with Crippen LogP contribution in [0.25, 0.3) is 11.1 Å². The van der Waals surface area contributed by atoms with Crippen LogP contribution in [0.4, 0.5) is 14.5 Å². The molecule has 1 amide bonds. The highest BCUT2D eigenvalue weighted by Gasteiger charge is 2.15. The number of halogens is 2. The molecule has 10 heteroatoms. The number of hydrogen-bond donors (Lipinski definition) is 1. The first-order valence-corrected chi connectivity index (χ1v) is 10.9. The van der Waals surface area contributed by atoms with Gasteiger partial charge in [0.1, 0.15) is 5.82 Å². The van der Waals surface area contributed by atoms with E-state index in [1.54, 1.807) is 32.6 Å². The molecule has 3 aromatic heterocycles. The Balaban J connectivity index is 1.37. The quantitative estimate of drug-likeness (QED) is 0.400. The Morgan fingerprint density at radius 3 is 2.34 bits per heavy atom. The van der Waals surface area contributed by atoms with E-state index in [1.165, 1.54) is 6.20 Å². The van der Waals surface area contributed by atoms with E-state index >= 15 is 0 Å². The van der Waals surface area contributed by atoms with Crippen LogP contribution in [-0.4, -0.2) is 37.7 Å². The van der Waals surface area contributed by atoms with Crippen LogP contribution in [0.5, 0.6) is 5.88 Å². The summed E-state index contributed by atoms with van der Waals surface area (Å²) in [4.78, 5) is 25.3. The minimum Gasteiger partial charge on any atom is -0.481 e. The summed E-state index contributed by atoms with van der Waals surface area (Å²) in [6, 6.07) is 9.36. The van der Waals surface area contributed by atoms with Crippen molar-refractivity contribution >= 4 is 11.6 Å². The number of carbonyl (C=O) groups is 1. The van der Waals surface area contributed by atoms with Crippen molar-refractivity contribution in [3.63, 3.8) is 0 Å². The molecule has 1 aromatic carbocycles. The molecule has 3 heterocycles. The molecule has 8 nitrogen and oxygen atoms in total. The number of methoxy groups -OCH3 is 1. The van der Waals surface area contributed by atoms with Gasteiger partial charge in [-0.25, -0.2) is 19.6 Å². The van der Waals surface area contributed by atoms with E-state index in [0.717, 1.165) is 22.3 Å². The normalized spacial score (nSPS) is 11.0. The van der Waals surface area contributed by atoms with Gasteiger partial charge in [0.05, 0.1) is 31.6 Å². The predicted octanol–water partition coefficient (Wildman–Crippen LogP) is 4.53. The summed E-state index contributed by atoms with van der Waals surface area (Å²) in [5.74, 6) is 0.887. The fourth-order valence-corrected chi connectivity index (χ4v) is 3.64. The van der Waals surface area contributed by atoms with Crippen LogP contribution in [0.3, 0.4) is 0 Å². The standard InChI is InChI=1S/C25H24F2N6O2/c1-15-8-21(14-30-24(15)35-3)32-23(34)9-17-4-6-18(7-5-17)20-11-28-22(29-12-20)10-19-13-31-33(16(19)2)25(26)27/h4-8,11-14,25H,9-10H2,1-3H3,(H,32,34). The molecule has 180 valence electrons. The number of nitrogens with zero attached hydrogens (tertiary/aromatic N) is 5. The first-order valence-electron chi connectivity index (χ1n) is 10.9. The van der Waals surface area contributed by atoms with E-state index in [9.17, 15) is 13.6 Å². The zero-order valence-corrected chi connectivity index (χ0v) is 19.5. The zero-order valence-electron chi connectivity index (χ0n) is 19.5. The maximum atomic E-state index is 12.9. The molecular weight excluding hydrogens is 454 g/mol. The van der Waals surface area contributed by atoms with Crippen molar-refractivity contribution in [1.29, 1.82) is 0 Å². The Kier molecular flexibility index (Phi) is 7.09. The average Bonchev–Trinajstić information content (AvgIpc) is 3.20. The van der Waals surface area contributed by atoms with Crippen molar-refractivity contribution in [3.05, 3.63) is 83.3 Å². The highest BCUT2D eigenvalue weighted by Crippen LogP contribution is 2.21. The molecule has 0 radical (unpaired) electrons. The molecule has 0 saturated carbocycles. The van der Waals surface area contributed by atoms with Crippen LogP contribution in [0.1, 0.15) is 34.8 Å². The van der Waals surface area contributed by atoms with Crippen LogP contribution in [-0.2, 0) is 17.6 Å². The number of aryl methyl sites for hydroxylation is 1. The van der Waals surface area contributed by atoms with Gasteiger partial charge >= 0.3 is 6.55 Å². The van der Waals surface area contributed by atoms with E-state index in [-0.39, 0.29) is 12.3 Å². The number of anilines is 1. The zero-order chi connectivity index (χ0) is 24.9. The van der Waals surface area contributed by atoms with Crippen molar-refractivity contribution in [2.75, 3.05) is 12.4 Å². The highest BCUT2D eigenvalue weighted by molar-refractivity contribution is 5.92. The molecule has 0 aliphatic carbocycles. The van der Waals surface area contributed by atoms with E-state index in [2.05, 4.69) is 25.4 Å². The molecule has 0 saturated heterocycles. The molecule has 4 rings (SSSR count). The largest absolute Gasteiger partial charge is 0.481 e. The number of nitrogens with one attached hydrogen (secondary N) is 1. The molecule has 0 aliphatic heterocycles. The molecule has 0 aliphatic rings. The number of benzene rings is 1.